The van der Waals surface area contributed by atoms with Gasteiger partial charge in [-0.25, -0.2) is 4.39 Å². The summed E-state index contributed by atoms with van der Waals surface area (Å²) >= 11 is 5.65. The Morgan fingerprint density at radius 2 is 1.90 bits per heavy atom. The lowest BCUT2D eigenvalue weighted by Crippen LogP contribution is -2.58. The lowest BCUT2D eigenvalue weighted by atomic mass is 9.81. The maximum atomic E-state index is 13.7. The zero-order valence-electron chi connectivity index (χ0n) is 10.9. The van der Waals surface area contributed by atoms with Crippen molar-refractivity contribution in [1.82, 2.24) is 5.32 Å². The van der Waals surface area contributed by atoms with E-state index >= 15 is 0 Å². The van der Waals surface area contributed by atoms with E-state index in [4.69, 9.17) is 17.3 Å². The molecule has 4 nitrogen and oxygen atoms in total. The van der Waals surface area contributed by atoms with Crippen LogP contribution in [0.5, 0.6) is 0 Å². The minimum absolute atomic E-state index is 0.138. The molecule has 2 amide bonds. The van der Waals surface area contributed by atoms with E-state index in [1.54, 1.807) is 0 Å². The van der Waals surface area contributed by atoms with Crippen molar-refractivity contribution in [2.24, 2.45) is 5.73 Å². The highest BCUT2D eigenvalue weighted by atomic mass is 35.5. The summed E-state index contributed by atoms with van der Waals surface area (Å²) in [5.74, 6) is -1.93. The van der Waals surface area contributed by atoms with Crippen LogP contribution in [0.3, 0.4) is 0 Å². The molecule has 0 aromatic heterocycles. The van der Waals surface area contributed by atoms with Crippen LogP contribution in [0.15, 0.2) is 18.2 Å². The Bertz CT molecular complexity index is 542. The van der Waals surface area contributed by atoms with Crippen LogP contribution in [-0.2, 0) is 4.79 Å². The zero-order valence-corrected chi connectivity index (χ0v) is 11.7. The monoisotopic (exact) mass is 298 g/mol. The molecule has 0 atom stereocenters. The van der Waals surface area contributed by atoms with Crippen molar-refractivity contribution in [1.29, 1.82) is 0 Å². The van der Waals surface area contributed by atoms with E-state index < -0.39 is 23.2 Å². The van der Waals surface area contributed by atoms with Crippen molar-refractivity contribution in [3.8, 4) is 0 Å². The third-order valence-corrected chi connectivity index (χ3v) is 3.94. The van der Waals surface area contributed by atoms with Crippen LogP contribution in [-0.4, -0.2) is 17.4 Å². The summed E-state index contributed by atoms with van der Waals surface area (Å²) in [4.78, 5) is 23.8. The topological polar surface area (TPSA) is 72.2 Å². The molecule has 0 saturated heterocycles. The standard InChI is InChI=1S/C14H16ClFN2O2/c15-9-4-5-10(11(16)8-9)12(19)18-14(13(17)20)6-2-1-3-7-14/h4-5,8H,1-3,6-7H2,(H2,17,20)(H,18,19). The summed E-state index contributed by atoms with van der Waals surface area (Å²) in [6.07, 6.45) is 3.60. The second-order valence-electron chi connectivity index (χ2n) is 5.09. The Labute approximate surface area is 121 Å². The molecule has 0 unspecified atom stereocenters. The van der Waals surface area contributed by atoms with Gasteiger partial charge < -0.3 is 11.1 Å². The molecular weight excluding hydrogens is 283 g/mol. The van der Waals surface area contributed by atoms with Crippen LogP contribution in [0.2, 0.25) is 5.02 Å². The van der Waals surface area contributed by atoms with E-state index in [1.165, 1.54) is 12.1 Å². The van der Waals surface area contributed by atoms with Crippen LogP contribution in [0.4, 0.5) is 4.39 Å². The summed E-state index contributed by atoms with van der Waals surface area (Å²) in [5, 5.41) is 2.82. The number of rotatable bonds is 3. The molecule has 1 aromatic rings. The lowest BCUT2D eigenvalue weighted by Gasteiger charge is -2.35. The summed E-state index contributed by atoms with van der Waals surface area (Å²) in [6, 6.07) is 3.79. The third-order valence-electron chi connectivity index (χ3n) is 3.71. The molecule has 1 aromatic carbocycles. The van der Waals surface area contributed by atoms with Gasteiger partial charge in [-0.05, 0) is 31.0 Å². The maximum absolute atomic E-state index is 13.7. The van der Waals surface area contributed by atoms with Crippen molar-refractivity contribution >= 4 is 23.4 Å². The molecule has 1 aliphatic rings. The van der Waals surface area contributed by atoms with Crippen LogP contribution >= 0.6 is 11.6 Å². The molecule has 20 heavy (non-hydrogen) atoms. The number of nitrogens with one attached hydrogen (secondary N) is 1. The SMILES string of the molecule is NC(=O)C1(NC(=O)c2ccc(Cl)cc2F)CCCCC1. The molecule has 0 spiro atoms. The Balaban J connectivity index is 2.22. The van der Waals surface area contributed by atoms with E-state index in [9.17, 15) is 14.0 Å². The van der Waals surface area contributed by atoms with Gasteiger partial charge >= 0.3 is 0 Å². The smallest absolute Gasteiger partial charge is 0.255 e. The fourth-order valence-corrected chi connectivity index (χ4v) is 2.71. The van der Waals surface area contributed by atoms with E-state index in [-0.39, 0.29) is 10.6 Å². The van der Waals surface area contributed by atoms with Crippen molar-refractivity contribution in [2.45, 2.75) is 37.6 Å². The van der Waals surface area contributed by atoms with Crippen molar-refractivity contribution in [3.05, 3.63) is 34.6 Å². The van der Waals surface area contributed by atoms with Gasteiger partial charge in [0.25, 0.3) is 5.91 Å². The number of hydrogen-bond acceptors (Lipinski definition) is 2. The maximum Gasteiger partial charge on any atom is 0.255 e. The third kappa shape index (κ3) is 2.93. The van der Waals surface area contributed by atoms with Gasteiger partial charge in [0.1, 0.15) is 11.4 Å². The predicted molar refractivity (Wildman–Crippen MR) is 73.9 cm³/mol. The van der Waals surface area contributed by atoms with Crippen LogP contribution in [0.1, 0.15) is 42.5 Å². The number of amides is 2. The van der Waals surface area contributed by atoms with Gasteiger partial charge in [0, 0.05) is 5.02 Å². The van der Waals surface area contributed by atoms with Crippen LogP contribution in [0.25, 0.3) is 0 Å². The highest BCUT2D eigenvalue weighted by molar-refractivity contribution is 6.30. The molecule has 0 radical (unpaired) electrons. The second-order valence-corrected chi connectivity index (χ2v) is 5.52. The Kier molecular flexibility index (Phi) is 4.28. The Hall–Kier alpha value is -1.62. The number of primary amides is 1. The van der Waals surface area contributed by atoms with E-state index in [1.807, 2.05) is 0 Å². The first kappa shape index (κ1) is 14.8. The van der Waals surface area contributed by atoms with E-state index in [2.05, 4.69) is 5.32 Å². The van der Waals surface area contributed by atoms with E-state index in [0.29, 0.717) is 12.8 Å². The van der Waals surface area contributed by atoms with Gasteiger partial charge in [0.05, 0.1) is 5.56 Å². The highest BCUT2D eigenvalue weighted by Crippen LogP contribution is 2.28. The molecule has 0 heterocycles. The molecular formula is C14H16ClFN2O2. The largest absolute Gasteiger partial charge is 0.368 e. The number of halogens is 2. The molecule has 6 heteroatoms. The molecule has 108 valence electrons. The number of benzene rings is 1. The molecule has 2 rings (SSSR count). The summed E-state index contributed by atoms with van der Waals surface area (Å²) in [6.45, 7) is 0. The first-order valence-corrected chi connectivity index (χ1v) is 6.90. The first-order valence-electron chi connectivity index (χ1n) is 6.52. The predicted octanol–water partition coefficient (Wildman–Crippen LogP) is 2.40. The number of nitrogens with two attached hydrogens (primary N) is 1. The average molecular weight is 299 g/mol. The van der Waals surface area contributed by atoms with Gasteiger partial charge in [0.15, 0.2) is 0 Å². The Morgan fingerprint density at radius 3 is 2.45 bits per heavy atom. The van der Waals surface area contributed by atoms with Crippen LogP contribution < -0.4 is 11.1 Å². The van der Waals surface area contributed by atoms with Crippen molar-refractivity contribution in [3.63, 3.8) is 0 Å². The van der Waals surface area contributed by atoms with Gasteiger partial charge in [-0.3, -0.25) is 9.59 Å². The summed E-state index contributed by atoms with van der Waals surface area (Å²) in [7, 11) is 0. The molecule has 0 bridgehead atoms. The first-order chi connectivity index (χ1) is 9.44. The molecule has 1 saturated carbocycles. The highest BCUT2D eigenvalue weighted by Gasteiger charge is 2.39. The molecule has 3 N–H and O–H groups in total. The van der Waals surface area contributed by atoms with Crippen molar-refractivity contribution < 1.29 is 14.0 Å². The number of carbonyl (C=O) groups is 2. The van der Waals surface area contributed by atoms with Gasteiger partial charge in [-0.1, -0.05) is 30.9 Å². The number of hydrogen-bond donors (Lipinski definition) is 2. The fourth-order valence-electron chi connectivity index (χ4n) is 2.55. The molecule has 0 aliphatic heterocycles. The minimum atomic E-state index is -1.07. The van der Waals surface area contributed by atoms with E-state index in [0.717, 1.165) is 25.3 Å². The van der Waals surface area contributed by atoms with Crippen molar-refractivity contribution in [2.75, 3.05) is 0 Å². The normalized spacial score (nSPS) is 17.5. The van der Waals surface area contributed by atoms with Crippen LogP contribution in [0, 0.1) is 5.82 Å². The zero-order chi connectivity index (χ0) is 14.8. The van der Waals surface area contributed by atoms with Gasteiger partial charge in [0.2, 0.25) is 5.91 Å². The lowest BCUT2D eigenvalue weighted by molar-refractivity contribution is -0.125. The Morgan fingerprint density at radius 1 is 1.25 bits per heavy atom. The number of carbonyl (C=O) groups excluding carboxylic acids is 2. The van der Waals surface area contributed by atoms with Gasteiger partial charge in [-0.2, -0.15) is 0 Å². The fraction of sp³-hybridized carbons (Fsp3) is 0.429. The summed E-state index contributed by atoms with van der Waals surface area (Å²) < 4.78 is 13.7. The van der Waals surface area contributed by atoms with Gasteiger partial charge in [-0.15, -0.1) is 0 Å². The molecule has 1 fully saturated rings. The quantitative estimate of drug-likeness (QED) is 0.899. The summed E-state index contributed by atoms with van der Waals surface area (Å²) in [5.41, 5.74) is 4.22. The average Bonchev–Trinajstić information content (AvgIpc) is 2.39. The second kappa shape index (κ2) is 5.79. The molecule has 1 aliphatic carbocycles. The minimum Gasteiger partial charge on any atom is -0.368 e.